The lowest BCUT2D eigenvalue weighted by Crippen LogP contribution is -2.16. The van der Waals surface area contributed by atoms with Crippen LogP contribution in [0.4, 0.5) is 23.2 Å². The number of halogens is 4. The predicted molar refractivity (Wildman–Crippen MR) is 51.8 cm³/mol. The van der Waals surface area contributed by atoms with Crippen molar-refractivity contribution in [3.05, 3.63) is 29.1 Å². The Hall–Kier alpha value is -1.79. The standard InChI is InChI=1S/C10H9F4NO2/c1-2-17-9(16)5-3-4-6(11)7(8(5)15)10(12,13)14/h3-4H,2,15H2,1H3. The van der Waals surface area contributed by atoms with Gasteiger partial charge in [-0.25, -0.2) is 9.18 Å². The van der Waals surface area contributed by atoms with E-state index in [-0.39, 0.29) is 6.61 Å². The Bertz CT molecular complexity index is 443. The summed E-state index contributed by atoms with van der Waals surface area (Å²) in [5.41, 5.74) is 2.03. The van der Waals surface area contributed by atoms with Gasteiger partial charge in [-0.05, 0) is 19.1 Å². The van der Waals surface area contributed by atoms with Crippen molar-refractivity contribution in [3.8, 4) is 0 Å². The number of nitrogens with two attached hydrogens (primary N) is 1. The van der Waals surface area contributed by atoms with E-state index in [2.05, 4.69) is 4.74 Å². The second kappa shape index (κ2) is 4.60. The molecule has 0 aromatic heterocycles. The number of benzene rings is 1. The quantitative estimate of drug-likeness (QED) is 0.499. The number of carbonyl (C=O) groups is 1. The summed E-state index contributed by atoms with van der Waals surface area (Å²) in [6, 6.07) is 1.39. The highest BCUT2D eigenvalue weighted by molar-refractivity contribution is 5.96. The maximum Gasteiger partial charge on any atom is 0.421 e. The predicted octanol–water partition coefficient (Wildman–Crippen LogP) is 2.60. The van der Waals surface area contributed by atoms with E-state index in [0.717, 1.165) is 6.07 Å². The zero-order valence-electron chi connectivity index (χ0n) is 8.77. The Morgan fingerprint density at radius 2 is 2.00 bits per heavy atom. The van der Waals surface area contributed by atoms with E-state index in [1.807, 2.05) is 0 Å². The van der Waals surface area contributed by atoms with Crippen molar-refractivity contribution in [2.24, 2.45) is 0 Å². The van der Waals surface area contributed by atoms with Crippen LogP contribution in [0.15, 0.2) is 12.1 Å². The van der Waals surface area contributed by atoms with Crippen molar-refractivity contribution >= 4 is 11.7 Å². The molecule has 1 aromatic rings. The van der Waals surface area contributed by atoms with Gasteiger partial charge in [0.15, 0.2) is 0 Å². The highest BCUT2D eigenvalue weighted by Gasteiger charge is 2.38. The second-order valence-corrected chi connectivity index (χ2v) is 3.10. The molecule has 0 bridgehead atoms. The molecule has 0 aliphatic heterocycles. The molecule has 0 aliphatic rings. The number of hydrogen-bond donors (Lipinski definition) is 1. The zero-order chi connectivity index (χ0) is 13.2. The first-order valence-corrected chi connectivity index (χ1v) is 4.61. The van der Waals surface area contributed by atoms with Crippen LogP contribution >= 0.6 is 0 Å². The molecular weight excluding hydrogens is 242 g/mol. The average molecular weight is 251 g/mol. The minimum atomic E-state index is -4.96. The van der Waals surface area contributed by atoms with E-state index in [0.29, 0.717) is 6.07 Å². The normalized spacial score (nSPS) is 11.4. The van der Waals surface area contributed by atoms with Crippen LogP contribution in [0.1, 0.15) is 22.8 Å². The first-order chi connectivity index (χ1) is 7.79. The molecule has 0 heterocycles. The molecule has 0 unspecified atom stereocenters. The van der Waals surface area contributed by atoms with Crippen molar-refractivity contribution in [2.75, 3.05) is 12.3 Å². The lowest BCUT2D eigenvalue weighted by atomic mass is 10.1. The van der Waals surface area contributed by atoms with Gasteiger partial charge in [-0.1, -0.05) is 0 Å². The molecule has 7 heteroatoms. The summed E-state index contributed by atoms with van der Waals surface area (Å²) >= 11 is 0. The molecule has 0 aliphatic carbocycles. The third-order valence-corrected chi connectivity index (χ3v) is 1.97. The van der Waals surface area contributed by atoms with Gasteiger partial charge in [-0.3, -0.25) is 0 Å². The number of carbonyl (C=O) groups excluding carboxylic acids is 1. The van der Waals surface area contributed by atoms with Crippen LogP contribution in [0, 0.1) is 5.82 Å². The van der Waals surface area contributed by atoms with Crippen molar-refractivity contribution < 1.29 is 27.1 Å². The van der Waals surface area contributed by atoms with Gasteiger partial charge in [-0.15, -0.1) is 0 Å². The van der Waals surface area contributed by atoms with Crippen molar-refractivity contribution in [1.82, 2.24) is 0 Å². The molecule has 1 rings (SSSR count). The Kier molecular flexibility index (Phi) is 3.59. The number of nitrogen functional groups attached to an aromatic ring is 1. The summed E-state index contributed by atoms with van der Waals surface area (Å²) in [5.74, 6) is -2.54. The van der Waals surface area contributed by atoms with Crippen LogP contribution in [0.3, 0.4) is 0 Å². The van der Waals surface area contributed by atoms with E-state index >= 15 is 0 Å². The molecule has 2 N–H and O–H groups in total. The van der Waals surface area contributed by atoms with Gasteiger partial charge in [0.2, 0.25) is 0 Å². The molecule has 3 nitrogen and oxygen atoms in total. The highest BCUT2D eigenvalue weighted by Crippen LogP contribution is 2.37. The van der Waals surface area contributed by atoms with Gasteiger partial charge >= 0.3 is 12.1 Å². The number of anilines is 1. The van der Waals surface area contributed by atoms with Crippen LogP contribution < -0.4 is 5.73 Å². The summed E-state index contributed by atoms with van der Waals surface area (Å²) in [6.45, 7) is 1.47. The van der Waals surface area contributed by atoms with Crippen LogP contribution in [0.25, 0.3) is 0 Å². The van der Waals surface area contributed by atoms with E-state index < -0.39 is 34.8 Å². The average Bonchev–Trinajstić information content (AvgIpc) is 2.15. The summed E-state index contributed by atoms with van der Waals surface area (Å²) in [6.07, 6.45) is -4.96. The molecule has 0 saturated heterocycles. The maximum atomic E-state index is 13.0. The Balaban J connectivity index is 3.34. The van der Waals surface area contributed by atoms with Gasteiger partial charge in [0.25, 0.3) is 0 Å². The van der Waals surface area contributed by atoms with E-state index in [9.17, 15) is 22.4 Å². The maximum absolute atomic E-state index is 13.0. The number of alkyl halides is 3. The third kappa shape index (κ3) is 2.66. The van der Waals surface area contributed by atoms with Crippen LogP contribution in [0.5, 0.6) is 0 Å². The molecule has 17 heavy (non-hydrogen) atoms. The summed E-state index contributed by atoms with van der Waals surface area (Å²) in [7, 11) is 0. The minimum Gasteiger partial charge on any atom is -0.462 e. The van der Waals surface area contributed by atoms with E-state index in [1.54, 1.807) is 0 Å². The lowest BCUT2D eigenvalue weighted by Gasteiger charge is -2.13. The number of ether oxygens (including phenoxy) is 1. The SMILES string of the molecule is CCOC(=O)c1ccc(F)c(C(F)(F)F)c1N. The van der Waals surface area contributed by atoms with Crippen molar-refractivity contribution in [1.29, 1.82) is 0 Å². The summed E-state index contributed by atoms with van der Waals surface area (Å²) < 4.78 is 54.9. The van der Waals surface area contributed by atoms with Gasteiger partial charge in [0.1, 0.15) is 11.4 Å². The number of esters is 1. The largest absolute Gasteiger partial charge is 0.462 e. The van der Waals surface area contributed by atoms with Crippen molar-refractivity contribution in [3.63, 3.8) is 0 Å². The molecule has 0 atom stereocenters. The topological polar surface area (TPSA) is 52.3 Å². The molecular formula is C10H9F4NO2. The minimum absolute atomic E-state index is 0.0169. The second-order valence-electron chi connectivity index (χ2n) is 3.10. The van der Waals surface area contributed by atoms with E-state index in [4.69, 9.17) is 5.73 Å². The highest BCUT2D eigenvalue weighted by atomic mass is 19.4. The molecule has 0 fully saturated rings. The molecule has 0 amide bonds. The van der Waals surface area contributed by atoms with Crippen LogP contribution in [-0.4, -0.2) is 12.6 Å². The monoisotopic (exact) mass is 251 g/mol. The lowest BCUT2D eigenvalue weighted by molar-refractivity contribution is -0.139. The van der Waals surface area contributed by atoms with Gasteiger partial charge in [0.05, 0.1) is 17.9 Å². The Labute approximate surface area is 94.2 Å². The van der Waals surface area contributed by atoms with Crippen LogP contribution in [-0.2, 0) is 10.9 Å². The molecule has 1 aromatic carbocycles. The van der Waals surface area contributed by atoms with Gasteiger partial charge < -0.3 is 10.5 Å². The first kappa shape index (κ1) is 13.3. The fourth-order valence-electron chi connectivity index (χ4n) is 1.27. The number of rotatable bonds is 2. The third-order valence-electron chi connectivity index (χ3n) is 1.97. The number of hydrogen-bond acceptors (Lipinski definition) is 3. The molecule has 0 spiro atoms. The Morgan fingerprint density at radius 3 is 2.47 bits per heavy atom. The Morgan fingerprint density at radius 1 is 1.41 bits per heavy atom. The fourth-order valence-corrected chi connectivity index (χ4v) is 1.27. The first-order valence-electron chi connectivity index (χ1n) is 4.61. The van der Waals surface area contributed by atoms with Gasteiger partial charge in [0, 0.05) is 0 Å². The smallest absolute Gasteiger partial charge is 0.421 e. The molecule has 94 valence electrons. The van der Waals surface area contributed by atoms with Crippen LogP contribution in [0.2, 0.25) is 0 Å². The van der Waals surface area contributed by atoms with Crippen molar-refractivity contribution in [2.45, 2.75) is 13.1 Å². The van der Waals surface area contributed by atoms with E-state index in [1.165, 1.54) is 6.92 Å². The molecule has 0 saturated carbocycles. The zero-order valence-corrected chi connectivity index (χ0v) is 8.77. The summed E-state index contributed by atoms with van der Waals surface area (Å²) in [5, 5.41) is 0. The molecule has 0 radical (unpaired) electrons. The summed E-state index contributed by atoms with van der Waals surface area (Å²) in [4.78, 5) is 11.3. The fraction of sp³-hybridized carbons (Fsp3) is 0.300. The van der Waals surface area contributed by atoms with Gasteiger partial charge in [-0.2, -0.15) is 13.2 Å².